The number of aliphatic hydroxyl groups excluding tert-OH is 1. The van der Waals surface area contributed by atoms with Gasteiger partial charge in [0.05, 0.1) is 16.5 Å². The lowest BCUT2D eigenvalue weighted by atomic mass is 10.1. The maximum Gasteiger partial charge on any atom is 0.243 e. The summed E-state index contributed by atoms with van der Waals surface area (Å²) in [4.78, 5) is 7.77. The van der Waals surface area contributed by atoms with Gasteiger partial charge in [0.15, 0.2) is 18.1 Å². The van der Waals surface area contributed by atoms with Crippen molar-refractivity contribution in [2.24, 2.45) is 16.5 Å². The van der Waals surface area contributed by atoms with Crippen molar-refractivity contribution in [3.05, 3.63) is 29.4 Å². The van der Waals surface area contributed by atoms with Gasteiger partial charge in [-0.25, -0.2) is 13.4 Å². The number of benzene rings is 1. The molecule has 130 valence electrons. The number of likely N-dealkylation sites (N-methyl/N-ethyl adjacent to an activating group) is 1. The normalized spacial score (nSPS) is 12.1. The van der Waals surface area contributed by atoms with Crippen molar-refractivity contribution < 1.29 is 18.6 Å². The van der Waals surface area contributed by atoms with Gasteiger partial charge in [-0.05, 0) is 12.1 Å². The van der Waals surface area contributed by atoms with Crippen molar-refractivity contribution in [1.29, 1.82) is 0 Å². The lowest BCUT2D eigenvalue weighted by Crippen LogP contribution is -2.34. The molecule has 11 heteroatoms. The number of rotatable bonds is 5. The fourth-order valence-electron chi connectivity index (χ4n) is 2.05. The lowest BCUT2D eigenvalue weighted by Gasteiger charge is -2.18. The second-order valence-corrected chi connectivity index (χ2v) is 7.39. The van der Waals surface area contributed by atoms with Crippen LogP contribution in [-0.2, 0) is 10.0 Å². The van der Waals surface area contributed by atoms with Crippen LogP contribution in [0.15, 0.2) is 34.3 Å². The molecule has 1 aromatic carbocycles. The third-order valence-electron chi connectivity index (χ3n) is 3.15. The summed E-state index contributed by atoms with van der Waals surface area (Å²) >= 11 is 6.06. The summed E-state index contributed by atoms with van der Waals surface area (Å²) in [6.07, 6.45) is -0.438. The molecule has 0 aliphatic rings. The zero-order chi connectivity index (χ0) is 18.1. The smallest absolute Gasteiger partial charge is 0.243 e. The fraction of sp³-hybridized carbons (Fsp3) is 0.231. The predicted molar refractivity (Wildman–Crippen MR) is 90.3 cm³/mol. The van der Waals surface area contributed by atoms with E-state index in [1.165, 1.54) is 31.4 Å². The molecule has 1 heterocycles. The molecule has 0 saturated heterocycles. The number of hydrogen-bond donors (Lipinski definition) is 4. The van der Waals surface area contributed by atoms with Gasteiger partial charge >= 0.3 is 0 Å². The van der Waals surface area contributed by atoms with Gasteiger partial charge in [-0.1, -0.05) is 17.7 Å². The number of nitrogens with two attached hydrogens (primary N) is 2. The summed E-state index contributed by atoms with van der Waals surface area (Å²) in [6, 6.07) is 4.18. The van der Waals surface area contributed by atoms with Crippen molar-refractivity contribution in [2.75, 3.05) is 13.6 Å². The molecule has 0 spiro atoms. The van der Waals surface area contributed by atoms with Gasteiger partial charge in [-0.2, -0.15) is 9.30 Å². The summed E-state index contributed by atoms with van der Waals surface area (Å²) in [6.45, 7) is -0.477. The molecule has 2 rings (SSSR count). The Hall–Kier alpha value is -1.98. The van der Waals surface area contributed by atoms with Crippen LogP contribution in [-0.4, -0.2) is 53.8 Å². The van der Waals surface area contributed by atoms with Crippen molar-refractivity contribution in [1.82, 2.24) is 9.29 Å². The highest BCUT2D eigenvalue weighted by atomic mass is 35.5. The number of pyridine rings is 1. The van der Waals surface area contributed by atoms with E-state index in [1.807, 2.05) is 0 Å². The quantitative estimate of drug-likeness (QED) is 0.319. The fourth-order valence-corrected chi connectivity index (χ4v) is 3.46. The van der Waals surface area contributed by atoms with E-state index in [1.54, 1.807) is 0 Å². The maximum atomic E-state index is 12.5. The summed E-state index contributed by atoms with van der Waals surface area (Å²) in [5.74, 6) is -0.115. The molecule has 0 aliphatic heterocycles. The first-order valence-electron chi connectivity index (χ1n) is 6.63. The van der Waals surface area contributed by atoms with E-state index in [0.29, 0.717) is 15.8 Å². The number of halogens is 1. The van der Waals surface area contributed by atoms with Crippen molar-refractivity contribution in [3.8, 4) is 0 Å². The lowest BCUT2D eigenvalue weighted by molar-refractivity contribution is -0.0469. The maximum absolute atomic E-state index is 12.5. The van der Waals surface area contributed by atoms with Gasteiger partial charge in [-0.15, -0.1) is 0 Å². The number of guanidine groups is 1. The third kappa shape index (κ3) is 3.74. The highest BCUT2D eigenvalue weighted by molar-refractivity contribution is 7.89. The minimum Gasteiger partial charge on any atom is -0.370 e. The molecular formula is C13H16ClN5O4S. The van der Waals surface area contributed by atoms with Gasteiger partial charge in [0, 0.05) is 24.0 Å². The van der Waals surface area contributed by atoms with Crippen LogP contribution in [0.4, 0.5) is 5.82 Å². The molecule has 1 aromatic heterocycles. The zero-order valence-electron chi connectivity index (χ0n) is 12.6. The van der Waals surface area contributed by atoms with Crippen LogP contribution in [0.1, 0.15) is 0 Å². The molecular weight excluding hydrogens is 358 g/mol. The van der Waals surface area contributed by atoms with E-state index in [9.17, 15) is 8.42 Å². The second-order valence-electron chi connectivity index (χ2n) is 4.94. The third-order valence-corrected chi connectivity index (χ3v) is 5.27. The second kappa shape index (κ2) is 6.87. The van der Waals surface area contributed by atoms with Gasteiger partial charge in [0.2, 0.25) is 10.0 Å². The van der Waals surface area contributed by atoms with Gasteiger partial charge < -0.3 is 21.7 Å². The Balaban J connectivity index is 2.64. The Kier molecular flexibility index (Phi) is 5.26. The average molecular weight is 374 g/mol. The monoisotopic (exact) mass is 373 g/mol. The zero-order valence-corrected chi connectivity index (χ0v) is 14.2. The molecule has 0 radical (unpaired) electrons. The minimum atomic E-state index is -3.95. The van der Waals surface area contributed by atoms with E-state index in [0.717, 1.165) is 4.31 Å². The largest absolute Gasteiger partial charge is 0.370 e. The highest BCUT2D eigenvalue weighted by Gasteiger charge is 2.23. The molecule has 9 nitrogen and oxygen atoms in total. The first-order valence-corrected chi connectivity index (χ1v) is 8.45. The van der Waals surface area contributed by atoms with Crippen LogP contribution in [0.5, 0.6) is 0 Å². The number of sulfonamides is 1. The SMILES string of the molecule is CN(CC(O)O)S(=O)(=O)c1ccc2c(Cl)cnc(N=C(N)N)c2c1. The first kappa shape index (κ1) is 18.4. The number of aromatic nitrogens is 1. The van der Waals surface area contributed by atoms with Crippen LogP contribution in [0.3, 0.4) is 0 Å². The molecule has 0 bridgehead atoms. The van der Waals surface area contributed by atoms with Crippen LogP contribution in [0.25, 0.3) is 10.8 Å². The molecule has 24 heavy (non-hydrogen) atoms. The van der Waals surface area contributed by atoms with Gasteiger partial charge in [0.25, 0.3) is 0 Å². The van der Waals surface area contributed by atoms with Crippen LogP contribution >= 0.6 is 11.6 Å². The van der Waals surface area contributed by atoms with E-state index in [4.69, 9.17) is 33.3 Å². The predicted octanol–water partition coefficient (Wildman–Crippen LogP) is -0.276. The summed E-state index contributed by atoms with van der Waals surface area (Å²) in [5, 5.41) is 19.1. The molecule has 6 N–H and O–H groups in total. The molecule has 0 unspecified atom stereocenters. The van der Waals surface area contributed by atoms with Crippen LogP contribution in [0, 0.1) is 0 Å². The number of aliphatic imine (C=N–C) groups is 1. The Bertz CT molecular complexity index is 897. The Labute approximate surface area is 143 Å². The van der Waals surface area contributed by atoms with Crippen molar-refractivity contribution in [3.63, 3.8) is 0 Å². The number of aliphatic hydroxyl groups is 2. The highest BCUT2D eigenvalue weighted by Crippen LogP contribution is 2.32. The Morgan fingerprint density at radius 2 is 2.04 bits per heavy atom. The Morgan fingerprint density at radius 1 is 1.38 bits per heavy atom. The number of nitrogens with zero attached hydrogens (tertiary/aromatic N) is 3. The van der Waals surface area contributed by atoms with E-state index >= 15 is 0 Å². The topological polar surface area (TPSA) is 155 Å². The summed E-state index contributed by atoms with van der Waals surface area (Å²) in [5.41, 5.74) is 10.7. The Morgan fingerprint density at radius 3 is 2.62 bits per heavy atom. The van der Waals surface area contributed by atoms with Gasteiger partial charge in [-0.3, -0.25) is 0 Å². The van der Waals surface area contributed by atoms with Crippen molar-refractivity contribution >= 4 is 44.2 Å². The van der Waals surface area contributed by atoms with Crippen LogP contribution in [0.2, 0.25) is 5.02 Å². The molecule has 2 aromatic rings. The van der Waals surface area contributed by atoms with Gasteiger partial charge in [0.1, 0.15) is 0 Å². The number of fused-ring (bicyclic) bond motifs is 1. The average Bonchev–Trinajstić information content (AvgIpc) is 2.48. The molecule has 0 aliphatic carbocycles. The standard InChI is InChI=1S/C13H16ClN5O4S/c1-19(6-11(20)21)24(22,23)7-2-3-8-9(4-7)12(18-13(15)16)17-5-10(8)14/h2-5,11,20-21H,6H2,1H3,(H4,15,16,17,18). The molecule has 0 saturated carbocycles. The van der Waals surface area contributed by atoms with E-state index < -0.39 is 22.9 Å². The van der Waals surface area contributed by atoms with E-state index in [2.05, 4.69) is 9.98 Å². The summed E-state index contributed by atoms with van der Waals surface area (Å²) in [7, 11) is -2.72. The molecule has 0 amide bonds. The van der Waals surface area contributed by atoms with E-state index in [-0.39, 0.29) is 16.7 Å². The summed E-state index contributed by atoms with van der Waals surface area (Å²) < 4.78 is 25.8. The minimum absolute atomic E-state index is 0.0886. The van der Waals surface area contributed by atoms with Crippen LogP contribution < -0.4 is 11.5 Å². The first-order chi connectivity index (χ1) is 11.1. The number of hydrogen-bond acceptors (Lipinski definition) is 6. The molecule has 0 fully saturated rings. The van der Waals surface area contributed by atoms with Crippen molar-refractivity contribution in [2.45, 2.75) is 11.2 Å². The molecule has 0 atom stereocenters.